The van der Waals surface area contributed by atoms with Crippen molar-refractivity contribution in [2.75, 3.05) is 45.0 Å². The van der Waals surface area contributed by atoms with E-state index in [4.69, 9.17) is 14.2 Å². The summed E-state index contributed by atoms with van der Waals surface area (Å²) in [5.41, 5.74) is 0.981. The predicted molar refractivity (Wildman–Crippen MR) is 147 cm³/mol. The van der Waals surface area contributed by atoms with Crippen LogP contribution in [-0.2, 0) is 26.2 Å². The molecule has 210 valence electrons. The predicted octanol–water partition coefficient (Wildman–Crippen LogP) is 3.20. The molecule has 0 unspecified atom stereocenters. The molecule has 0 aromatic heterocycles. The van der Waals surface area contributed by atoms with Gasteiger partial charge in [-0.3, -0.25) is 13.9 Å². The first-order valence-electron chi connectivity index (χ1n) is 12.5. The molecule has 1 N–H and O–H groups in total. The lowest BCUT2D eigenvalue weighted by atomic mass is 10.1. The van der Waals surface area contributed by atoms with Crippen molar-refractivity contribution in [3.05, 3.63) is 48.0 Å². The van der Waals surface area contributed by atoms with E-state index in [1.165, 1.54) is 31.3 Å². The highest BCUT2D eigenvalue weighted by atomic mass is 32.2. The third-order valence-electron chi connectivity index (χ3n) is 6.04. The second kappa shape index (κ2) is 14.5. The molecule has 0 aliphatic carbocycles. The number of carbonyl (C=O) groups is 2. The fourth-order valence-corrected chi connectivity index (χ4v) is 4.83. The molecule has 11 heteroatoms. The fourth-order valence-electron chi connectivity index (χ4n) is 3.99. The molecular weight excluding hydrogens is 510 g/mol. The molecule has 0 heterocycles. The van der Waals surface area contributed by atoms with Gasteiger partial charge in [-0.2, -0.15) is 0 Å². The standard InChI is InChI=1S/C27H39N3O7S/c1-7-9-15-28-27(32)23(8-2)29(18-20-11-10-12-22(16-20)35-3)26(31)19-30(38(6,33)34)21-13-14-24(36-4)25(17-21)37-5/h10-14,16-17,23H,7-9,15,18-19H2,1-6H3,(H,28,32)/t23-/m0/s1. The average Bonchev–Trinajstić information content (AvgIpc) is 2.90. The lowest BCUT2D eigenvalue weighted by Crippen LogP contribution is -2.52. The number of nitrogens with zero attached hydrogens (tertiary/aromatic N) is 2. The molecule has 0 saturated carbocycles. The van der Waals surface area contributed by atoms with Gasteiger partial charge >= 0.3 is 0 Å². The molecule has 0 aliphatic rings. The van der Waals surface area contributed by atoms with Crippen molar-refractivity contribution in [2.24, 2.45) is 0 Å². The molecule has 10 nitrogen and oxygen atoms in total. The summed E-state index contributed by atoms with van der Waals surface area (Å²) in [4.78, 5) is 28.3. The first-order valence-corrected chi connectivity index (χ1v) is 14.3. The van der Waals surface area contributed by atoms with Crippen LogP contribution in [0.1, 0.15) is 38.7 Å². The molecule has 0 saturated heterocycles. The Hall–Kier alpha value is -3.47. The first-order chi connectivity index (χ1) is 18.1. The van der Waals surface area contributed by atoms with Crippen LogP contribution in [0.3, 0.4) is 0 Å². The van der Waals surface area contributed by atoms with Crippen LogP contribution in [0.2, 0.25) is 0 Å². The summed E-state index contributed by atoms with van der Waals surface area (Å²) in [6.07, 6.45) is 3.10. The number of rotatable bonds is 15. The van der Waals surface area contributed by atoms with E-state index in [0.717, 1.165) is 29.0 Å². The minimum absolute atomic E-state index is 0.0965. The molecule has 0 fully saturated rings. The number of anilines is 1. The number of carbonyl (C=O) groups excluding carboxylic acids is 2. The molecule has 2 rings (SSSR count). The van der Waals surface area contributed by atoms with Crippen molar-refractivity contribution in [2.45, 2.75) is 45.7 Å². The molecule has 2 aromatic carbocycles. The zero-order valence-corrected chi connectivity index (χ0v) is 23.8. The lowest BCUT2D eigenvalue weighted by molar-refractivity contribution is -0.140. The maximum Gasteiger partial charge on any atom is 0.244 e. The Labute approximate surface area is 225 Å². The summed E-state index contributed by atoms with van der Waals surface area (Å²) in [5, 5.41) is 2.90. The molecule has 38 heavy (non-hydrogen) atoms. The van der Waals surface area contributed by atoms with Gasteiger partial charge in [-0.1, -0.05) is 32.4 Å². The summed E-state index contributed by atoms with van der Waals surface area (Å²) >= 11 is 0. The van der Waals surface area contributed by atoms with Crippen LogP contribution in [0.5, 0.6) is 17.2 Å². The smallest absolute Gasteiger partial charge is 0.244 e. The van der Waals surface area contributed by atoms with Gasteiger partial charge in [0.15, 0.2) is 11.5 Å². The third kappa shape index (κ3) is 8.27. The van der Waals surface area contributed by atoms with Gasteiger partial charge < -0.3 is 24.4 Å². The molecule has 0 spiro atoms. The zero-order chi connectivity index (χ0) is 28.3. The summed E-state index contributed by atoms with van der Waals surface area (Å²) < 4.78 is 42.5. The van der Waals surface area contributed by atoms with Crippen molar-refractivity contribution in [3.8, 4) is 17.2 Å². The van der Waals surface area contributed by atoms with Crippen molar-refractivity contribution in [1.29, 1.82) is 0 Å². The Morgan fingerprint density at radius 2 is 1.68 bits per heavy atom. The number of amides is 2. The van der Waals surface area contributed by atoms with E-state index in [1.54, 1.807) is 31.4 Å². The Morgan fingerprint density at radius 3 is 2.26 bits per heavy atom. The van der Waals surface area contributed by atoms with Crippen molar-refractivity contribution in [1.82, 2.24) is 10.2 Å². The number of methoxy groups -OCH3 is 3. The molecule has 2 aromatic rings. The number of unbranched alkanes of at least 4 members (excludes halogenated alkanes) is 1. The summed E-state index contributed by atoms with van der Waals surface area (Å²) in [6.45, 7) is 3.93. The Kier molecular flexibility index (Phi) is 11.7. The van der Waals surface area contributed by atoms with Crippen LogP contribution in [-0.4, -0.2) is 71.8 Å². The van der Waals surface area contributed by atoms with Gasteiger partial charge in [0.05, 0.1) is 33.3 Å². The van der Waals surface area contributed by atoms with Crippen LogP contribution >= 0.6 is 0 Å². The summed E-state index contributed by atoms with van der Waals surface area (Å²) in [6, 6.07) is 11.0. The first kappa shape index (κ1) is 30.8. The highest BCUT2D eigenvalue weighted by Crippen LogP contribution is 2.32. The number of nitrogens with one attached hydrogen (secondary N) is 1. The monoisotopic (exact) mass is 549 g/mol. The number of hydrogen-bond acceptors (Lipinski definition) is 7. The minimum Gasteiger partial charge on any atom is -0.497 e. The number of ether oxygens (including phenoxy) is 3. The van der Waals surface area contributed by atoms with Crippen molar-refractivity contribution in [3.63, 3.8) is 0 Å². The second-order valence-electron chi connectivity index (χ2n) is 8.75. The van der Waals surface area contributed by atoms with Crippen LogP contribution in [0, 0.1) is 0 Å². The SMILES string of the molecule is CCCCNC(=O)[C@H](CC)N(Cc1cccc(OC)c1)C(=O)CN(c1ccc(OC)c(OC)c1)S(C)(=O)=O. The normalized spacial score (nSPS) is 11.8. The number of sulfonamides is 1. The third-order valence-corrected chi connectivity index (χ3v) is 7.18. The zero-order valence-electron chi connectivity index (χ0n) is 23.0. The highest BCUT2D eigenvalue weighted by molar-refractivity contribution is 7.92. The number of benzene rings is 2. The van der Waals surface area contributed by atoms with Gasteiger partial charge in [-0.25, -0.2) is 8.42 Å². The topological polar surface area (TPSA) is 114 Å². The quantitative estimate of drug-likeness (QED) is 0.339. The van der Waals surface area contributed by atoms with Gasteiger partial charge in [0.25, 0.3) is 0 Å². The van der Waals surface area contributed by atoms with Crippen LogP contribution in [0.15, 0.2) is 42.5 Å². The van der Waals surface area contributed by atoms with E-state index < -0.39 is 28.5 Å². The molecule has 2 amide bonds. The maximum atomic E-state index is 13.8. The number of hydrogen-bond donors (Lipinski definition) is 1. The molecule has 1 atom stereocenters. The van der Waals surface area contributed by atoms with Gasteiger partial charge in [0, 0.05) is 19.2 Å². The highest BCUT2D eigenvalue weighted by Gasteiger charge is 2.32. The van der Waals surface area contributed by atoms with Gasteiger partial charge in [-0.15, -0.1) is 0 Å². The van der Waals surface area contributed by atoms with Crippen molar-refractivity contribution >= 4 is 27.5 Å². The van der Waals surface area contributed by atoms with Crippen LogP contribution in [0.4, 0.5) is 5.69 Å². The minimum atomic E-state index is -3.88. The van der Waals surface area contributed by atoms with E-state index in [9.17, 15) is 18.0 Å². The Morgan fingerprint density at radius 1 is 0.974 bits per heavy atom. The van der Waals surface area contributed by atoms with Crippen LogP contribution < -0.4 is 23.8 Å². The Balaban J connectivity index is 2.47. The van der Waals surface area contributed by atoms with Gasteiger partial charge in [0.2, 0.25) is 21.8 Å². The summed E-state index contributed by atoms with van der Waals surface area (Å²) in [5.74, 6) is 0.546. The Bertz CT molecular complexity index is 1190. The van der Waals surface area contributed by atoms with E-state index in [0.29, 0.717) is 30.2 Å². The lowest BCUT2D eigenvalue weighted by Gasteiger charge is -2.33. The average molecular weight is 550 g/mol. The fraction of sp³-hybridized carbons (Fsp3) is 0.481. The largest absolute Gasteiger partial charge is 0.497 e. The molecular formula is C27H39N3O7S. The molecule has 0 bridgehead atoms. The van der Waals surface area contributed by atoms with E-state index in [-0.39, 0.29) is 18.1 Å². The van der Waals surface area contributed by atoms with Gasteiger partial charge in [0.1, 0.15) is 18.3 Å². The molecule has 0 radical (unpaired) electrons. The summed E-state index contributed by atoms with van der Waals surface area (Å²) in [7, 11) is 0.586. The van der Waals surface area contributed by atoms with Crippen LogP contribution in [0.25, 0.3) is 0 Å². The van der Waals surface area contributed by atoms with Crippen molar-refractivity contribution < 1.29 is 32.2 Å². The second-order valence-corrected chi connectivity index (χ2v) is 10.7. The van der Waals surface area contributed by atoms with E-state index >= 15 is 0 Å². The van der Waals surface area contributed by atoms with E-state index in [2.05, 4.69) is 5.32 Å². The molecule has 0 aliphatic heterocycles. The van der Waals surface area contributed by atoms with Gasteiger partial charge in [-0.05, 0) is 42.7 Å². The maximum absolute atomic E-state index is 13.8. The van der Waals surface area contributed by atoms with E-state index in [1.807, 2.05) is 19.9 Å².